The second-order valence-electron chi connectivity index (χ2n) is 4.84. The fourth-order valence-corrected chi connectivity index (χ4v) is 1.84. The molecule has 0 saturated carbocycles. The van der Waals surface area contributed by atoms with Gasteiger partial charge in [0, 0.05) is 20.1 Å². The maximum Gasteiger partial charge on any atom is 0.326 e. The summed E-state index contributed by atoms with van der Waals surface area (Å²) in [6.45, 7) is 4.28. The minimum absolute atomic E-state index is 0.178. The Morgan fingerprint density at radius 3 is 2.55 bits per heavy atom. The number of rotatable bonds is 7. The number of aryl methyl sites for hydroxylation is 2. The third-order valence-corrected chi connectivity index (χ3v) is 3.18. The number of ether oxygens (including phenoxy) is 1. The van der Waals surface area contributed by atoms with Crippen LogP contribution >= 0.6 is 0 Å². The van der Waals surface area contributed by atoms with Gasteiger partial charge in [0.15, 0.2) is 0 Å². The van der Waals surface area contributed by atoms with Crippen molar-refractivity contribution in [3.63, 3.8) is 0 Å². The highest BCUT2D eigenvalue weighted by molar-refractivity contribution is 5.84. The largest absolute Gasteiger partial charge is 0.480 e. The van der Waals surface area contributed by atoms with Gasteiger partial charge >= 0.3 is 5.97 Å². The van der Waals surface area contributed by atoms with E-state index in [-0.39, 0.29) is 18.7 Å². The molecular formula is C15H21NO4. The van der Waals surface area contributed by atoms with Crippen LogP contribution in [0.5, 0.6) is 0 Å². The fraction of sp³-hybridized carbons (Fsp3) is 0.467. The highest BCUT2D eigenvalue weighted by Crippen LogP contribution is 2.10. The summed E-state index contributed by atoms with van der Waals surface area (Å²) < 4.78 is 4.84. The van der Waals surface area contributed by atoms with E-state index in [1.807, 2.05) is 32.0 Å². The van der Waals surface area contributed by atoms with E-state index < -0.39 is 12.0 Å². The molecule has 0 saturated heterocycles. The second-order valence-corrected chi connectivity index (χ2v) is 4.84. The number of amides is 1. The average molecular weight is 279 g/mol. The first-order valence-electron chi connectivity index (χ1n) is 6.51. The van der Waals surface area contributed by atoms with E-state index in [1.54, 1.807) is 0 Å². The number of carboxylic acids is 1. The van der Waals surface area contributed by atoms with Crippen molar-refractivity contribution in [1.82, 2.24) is 5.32 Å². The minimum Gasteiger partial charge on any atom is -0.480 e. The van der Waals surface area contributed by atoms with Crippen LogP contribution in [0.25, 0.3) is 0 Å². The lowest BCUT2D eigenvalue weighted by atomic mass is 10.0. The molecule has 0 aliphatic carbocycles. The molecule has 0 bridgehead atoms. The number of carboxylic acid groups (broad SMARTS) is 1. The highest BCUT2D eigenvalue weighted by atomic mass is 16.5. The highest BCUT2D eigenvalue weighted by Gasteiger charge is 2.19. The predicted octanol–water partition coefficient (Wildman–Crippen LogP) is 1.45. The SMILES string of the molecule is COCCC(NC(=O)Cc1ccc(C)c(C)c1)C(=O)O. The number of aliphatic carboxylic acids is 1. The van der Waals surface area contributed by atoms with Gasteiger partial charge in [0.05, 0.1) is 6.42 Å². The summed E-state index contributed by atoms with van der Waals surface area (Å²) in [5.41, 5.74) is 3.16. The first-order chi connectivity index (χ1) is 9.43. The summed E-state index contributed by atoms with van der Waals surface area (Å²) in [6.07, 6.45) is 0.433. The molecule has 1 amide bonds. The Hall–Kier alpha value is -1.88. The zero-order valence-corrected chi connectivity index (χ0v) is 12.1. The summed E-state index contributed by atoms with van der Waals surface area (Å²) in [6, 6.07) is 4.87. The first kappa shape index (κ1) is 16.2. The van der Waals surface area contributed by atoms with E-state index in [2.05, 4.69) is 5.32 Å². The smallest absolute Gasteiger partial charge is 0.326 e. The predicted molar refractivity (Wildman–Crippen MR) is 75.7 cm³/mol. The van der Waals surface area contributed by atoms with E-state index >= 15 is 0 Å². The lowest BCUT2D eigenvalue weighted by Crippen LogP contribution is -2.42. The molecule has 1 rings (SSSR count). The van der Waals surface area contributed by atoms with Crippen LogP contribution in [-0.2, 0) is 20.7 Å². The van der Waals surface area contributed by atoms with Crippen molar-refractivity contribution in [2.75, 3.05) is 13.7 Å². The van der Waals surface area contributed by atoms with Crippen LogP contribution in [0.15, 0.2) is 18.2 Å². The molecule has 110 valence electrons. The van der Waals surface area contributed by atoms with Crippen LogP contribution in [0.3, 0.4) is 0 Å². The number of hydrogen-bond acceptors (Lipinski definition) is 3. The molecule has 1 aromatic rings. The molecule has 0 fully saturated rings. The molecule has 0 aliphatic heterocycles. The van der Waals surface area contributed by atoms with Crippen molar-refractivity contribution in [3.05, 3.63) is 34.9 Å². The van der Waals surface area contributed by atoms with Gasteiger partial charge in [-0.2, -0.15) is 0 Å². The number of nitrogens with one attached hydrogen (secondary N) is 1. The molecular weight excluding hydrogens is 258 g/mol. The van der Waals surface area contributed by atoms with E-state index in [4.69, 9.17) is 9.84 Å². The summed E-state index contributed by atoms with van der Waals surface area (Å²) in [5.74, 6) is -1.34. The van der Waals surface area contributed by atoms with Gasteiger partial charge in [-0.05, 0) is 30.5 Å². The number of methoxy groups -OCH3 is 1. The molecule has 0 radical (unpaired) electrons. The lowest BCUT2D eigenvalue weighted by Gasteiger charge is -2.14. The number of hydrogen-bond donors (Lipinski definition) is 2. The van der Waals surface area contributed by atoms with Crippen LogP contribution < -0.4 is 5.32 Å². The zero-order valence-electron chi connectivity index (χ0n) is 12.1. The summed E-state index contributed by atoms with van der Waals surface area (Å²) in [4.78, 5) is 22.9. The topological polar surface area (TPSA) is 75.6 Å². The summed E-state index contributed by atoms with van der Waals surface area (Å²) >= 11 is 0. The van der Waals surface area contributed by atoms with Crippen molar-refractivity contribution in [1.29, 1.82) is 0 Å². The Balaban J connectivity index is 2.60. The molecule has 1 unspecified atom stereocenters. The molecule has 0 heterocycles. The summed E-state index contributed by atoms with van der Waals surface area (Å²) in [7, 11) is 1.50. The van der Waals surface area contributed by atoms with E-state index in [9.17, 15) is 9.59 Å². The second kappa shape index (κ2) is 7.65. The van der Waals surface area contributed by atoms with Crippen LogP contribution in [0.1, 0.15) is 23.1 Å². The number of benzene rings is 1. The van der Waals surface area contributed by atoms with Gasteiger partial charge < -0.3 is 15.2 Å². The van der Waals surface area contributed by atoms with Crippen LogP contribution in [0, 0.1) is 13.8 Å². The van der Waals surface area contributed by atoms with Gasteiger partial charge in [0.25, 0.3) is 0 Å². The molecule has 5 heteroatoms. The van der Waals surface area contributed by atoms with E-state index in [0.717, 1.165) is 16.7 Å². The molecule has 0 aliphatic rings. The number of carbonyl (C=O) groups is 2. The van der Waals surface area contributed by atoms with Crippen LogP contribution in [0.2, 0.25) is 0 Å². The molecule has 0 aromatic heterocycles. The van der Waals surface area contributed by atoms with Gasteiger partial charge in [-0.25, -0.2) is 4.79 Å². The molecule has 20 heavy (non-hydrogen) atoms. The third kappa shape index (κ3) is 5.01. The van der Waals surface area contributed by atoms with Gasteiger partial charge in [0.2, 0.25) is 5.91 Å². The quantitative estimate of drug-likeness (QED) is 0.792. The molecule has 0 spiro atoms. The lowest BCUT2D eigenvalue weighted by molar-refractivity contribution is -0.142. The average Bonchev–Trinajstić information content (AvgIpc) is 2.38. The van der Waals surface area contributed by atoms with E-state index in [1.165, 1.54) is 7.11 Å². The minimum atomic E-state index is -1.05. The Kier molecular flexibility index (Phi) is 6.18. The Bertz CT molecular complexity index is 485. The van der Waals surface area contributed by atoms with Crippen molar-refractivity contribution < 1.29 is 19.4 Å². The Morgan fingerprint density at radius 2 is 2.00 bits per heavy atom. The molecule has 1 atom stereocenters. The van der Waals surface area contributed by atoms with Gasteiger partial charge in [-0.3, -0.25) is 4.79 Å². The monoisotopic (exact) mass is 279 g/mol. The van der Waals surface area contributed by atoms with Gasteiger partial charge in [-0.15, -0.1) is 0 Å². The van der Waals surface area contributed by atoms with Gasteiger partial charge in [-0.1, -0.05) is 18.2 Å². The Morgan fingerprint density at radius 1 is 1.30 bits per heavy atom. The number of carbonyl (C=O) groups excluding carboxylic acids is 1. The molecule has 2 N–H and O–H groups in total. The van der Waals surface area contributed by atoms with Crippen LogP contribution in [-0.4, -0.2) is 36.7 Å². The maximum atomic E-state index is 11.9. The Labute approximate surface area is 118 Å². The maximum absolute atomic E-state index is 11.9. The van der Waals surface area contributed by atoms with Gasteiger partial charge in [0.1, 0.15) is 6.04 Å². The van der Waals surface area contributed by atoms with Crippen molar-refractivity contribution in [2.45, 2.75) is 32.7 Å². The fourth-order valence-electron chi connectivity index (χ4n) is 1.84. The molecule has 1 aromatic carbocycles. The van der Waals surface area contributed by atoms with Crippen LogP contribution in [0.4, 0.5) is 0 Å². The van der Waals surface area contributed by atoms with Crippen molar-refractivity contribution >= 4 is 11.9 Å². The summed E-state index contributed by atoms with van der Waals surface area (Å²) in [5, 5.41) is 11.5. The molecule has 5 nitrogen and oxygen atoms in total. The van der Waals surface area contributed by atoms with E-state index in [0.29, 0.717) is 6.61 Å². The zero-order chi connectivity index (χ0) is 15.1. The van der Waals surface area contributed by atoms with Crippen molar-refractivity contribution in [2.24, 2.45) is 0 Å². The third-order valence-electron chi connectivity index (χ3n) is 3.18. The standard InChI is InChI=1S/C15H21NO4/c1-10-4-5-12(8-11(10)2)9-14(17)16-13(15(18)19)6-7-20-3/h4-5,8,13H,6-7,9H2,1-3H3,(H,16,17)(H,18,19). The van der Waals surface area contributed by atoms with Crippen molar-refractivity contribution in [3.8, 4) is 0 Å². The normalized spacial score (nSPS) is 11.9. The first-order valence-corrected chi connectivity index (χ1v) is 6.51.